The molecule has 1 heterocycles. The maximum atomic E-state index is 12.0. The number of aryl methyl sites for hydroxylation is 1. The number of hydrogen-bond acceptors (Lipinski definition) is 3. The smallest absolute Gasteiger partial charge is 0.215 e. The van der Waals surface area contributed by atoms with Gasteiger partial charge < -0.3 is 4.57 Å². The van der Waals surface area contributed by atoms with E-state index >= 15 is 0 Å². The molecule has 1 saturated carbocycles. The third-order valence-corrected chi connectivity index (χ3v) is 4.99. The number of sulfonamides is 1. The summed E-state index contributed by atoms with van der Waals surface area (Å²) in [5.74, 6) is 0.939. The van der Waals surface area contributed by atoms with Gasteiger partial charge in [-0.1, -0.05) is 13.8 Å². The van der Waals surface area contributed by atoms with Gasteiger partial charge in [-0.05, 0) is 18.8 Å². The summed E-state index contributed by atoms with van der Waals surface area (Å²) in [5, 5.41) is -0.191. The van der Waals surface area contributed by atoms with Gasteiger partial charge in [0.05, 0.1) is 11.3 Å². The zero-order valence-electron chi connectivity index (χ0n) is 10.4. The molecule has 1 fully saturated rings. The fraction of sp³-hybridized carbons (Fsp3) is 0.727. The molecule has 0 aromatic carbocycles. The molecule has 6 heteroatoms. The average molecular weight is 257 g/mol. The summed E-state index contributed by atoms with van der Waals surface area (Å²) in [5.41, 5.74) is 0. The second-order valence-electron chi connectivity index (χ2n) is 4.98. The second kappa shape index (κ2) is 4.42. The Kier molecular flexibility index (Phi) is 3.27. The van der Waals surface area contributed by atoms with E-state index in [2.05, 4.69) is 9.71 Å². The molecular formula is C11H19N3O2S. The van der Waals surface area contributed by atoms with Crippen molar-refractivity contribution in [1.29, 1.82) is 0 Å². The highest BCUT2D eigenvalue weighted by atomic mass is 32.2. The van der Waals surface area contributed by atoms with Crippen LogP contribution in [0, 0.1) is 5.92 Å². The number of nitrogens with one attached hydrogen (secondary N) is 1. The molecule has 1 atom stereocenters. The number of imidazole rings is 1. The largest absolute Gasteiger partial charge is 0.337 e. The van der Waals surface area contributed by atoms with Crippen LogP contribution in [0.5, 0.6) is 0 Å². The van der Waals surface area contributed by atoms with Crippen molar-refractivity contribution in [3.8, 4) is 0 Å². The van der Waals surface area contributed by atoms with Gasteiger partial charge >= 0.3 is 0 Å². The van der Waals surface area contributed by atoms with Crippen molar-refractivity contribution in [3.63, 3.8) is 0 Å². The highest BCUT2D eigenvalue weighted by Gasteiger charge is 2.38. The lowest BCUT2D eigenvalue weighted by Gasteiger charge is -2.21. The number of aromatic nitrogens is 2. The van der Waals surface area contributed by atoms with Gasteiger partial charge in [0, 0.05) is 19.4 Å². The van der Waals surface area contributed by atoms with Crippen molar-refractivity contribution in [2.75, 3.05) is 0 Å². The lowest BCUT2D eigenvalue weighted by Crippen LogP contribution is -2.35. The van der Waals surface area contributed by atoms with E-state index in [-0.39, 0.29) is 17.2 Å². The highest BCUT2D eigenvalue weighted by Crippen LogP contribution is 2.30. The van der Waals surface area contributed by atoms with Gasteiger partial charge in [-0.3, -0.25) is 0 Å². The third-order valence-electron chi connectivity index (χ3n) is 3.06. The summed E-state index contributed by atoms with van der Waals surface area (Å²) in [7, 11) is -1.30. The Morgan fingerprint density at radius 3 is 2.53 bits per heavy atom. The molecule has 1 aliphatic carbocycles. The predicted molar refractivity (Wildman–Crippen MR) is 65.9 cm³/mol. The monoisotopic (exact) mass is 257 g/mol. The molecule has 0 spiro atoms. The van der Waals surface area contributed by atoms with E-state index < -0.39 is 10.0 Å². The first-order chi connectivity index (χ1) is 7.92. The van der Waals surface area contributed by atoms with Crippen LogP contribution in [0.15, 0.2) is 12.4 Å². The molecule has 2 rings (SSSR count). The normalized spacial score (nSPS) is 18.6. The number of hydrogen-bond donors (Lipinski definition) is 1. The minimum absolute atomic E-state index is 0.171. The number of rotatable bonds is 5. The standard InChI is InChI=1S/C11H19N3O2S/c1-8(2)10(11-12-6-7-14(11)3)13-17(15,16)9-4-5-9/h6-10,13H,4-5H2,1-3H3. The SMILES string of the molecule is CC(C)C(NS(=O)(=O)C1CC1)c1nccn1C. The molecule has 0 bridgehead atoms. The summed E-state index contributed by atoms with van der Waals surface area (Å²) in [4.78, 5) is 4.24. The first kappa shape index (κ1) is 12.6. The Balaban J connectivity index is 2.22. The Morgan fingerprint density at radius 2 is 2.12 bits per heavy atom. The van der Waals surface area contributed by atoms with Crippen LogP contribution in [0.2, 0.25) is 0 Å². The molecule has 0 aliphatic heterocycles. The quantitative estimate of drug-likeness (QED) is 0.862. The van der Waals surface area contributed by atoms with E-state index in [0.29, 0.717) is 0 Å². The van der Waals surface area contributed by atoms with Gasteiger partial charge in [0.25, 0.3) is 0 Å². The minimum Gasteiger partial charge on any atom is -0.337 e. The molecule has 1 aromatic rings. The minimum atomic E-state index is -3.18. The van der Waals surface area contributed by atoms with Crippen molar-refractivity contribution >= 4 is 10.0 Å². The fourth-order valence-corrected chi connectivity index (χ4v) is 3.50. The van der Waals surface area contributed by atoms with Crippen LogP contribution < -0.4 is 4.72 Å². The third kappa shape index (κ3) is 2.69. The van der Waals surface area contributed by atoms with Crippen LogP contribution in [0.25, 0.3) is 0 Å². The summed E-state index contributed by atoms with van der Waals surface area (Å²) < 4.78 is 28.6. The molecule has 1 unspecified atom stereocenters. The topological polar surface area (TPSA) is 64.0 Å². The summed E-state index contributed by atoms with van der Waals surface area (Å²) in [6.07, 6.45) is 5.08. The van der Waals surface area contributed by atoms with E-state index in [9.17, 15) is 8.42 Å². The maximum Gasteiger partial charge on any atom is 0.215 e. The van der Waals surface area contributed by atoms with E-state index in [1.807, 2.05) is 31.7 Å². The van der Waals surface area contributed by atoms with Gasteiger partial charge in [-0.25, -0.2) is 18.1 Å². The summed E-state index contributed by atoms with van der Waals surface area (Å²) in [6, 6.07) is -0.249. The van der Waals surface area contributed by atoms with Crippen molar-refractivity contribution in [2.24, 2.45) is 13.0 Å². The van der Waals surface area contributed by atoms with Crippen LogP contribution in [0.4, 0.5) is 0 Å². The molecule has 0 saturated heterocycles. The van der Waals surface area contributed by atoms with Gasteiger partial charge in [-0.15, -0.1) is 0 Å². The van der Waals surface area contributed by atoms with Crippen molar-refractivity contribution in [2.45, 2.75) is 38.0 Å². The van der Waals surface area contributed by atoms with Crippen LogP contribution in [0.1, 0.15) is 38.6 Å². The molecule has 0 radical (unpaired) electrons. The highest BCUT2D eigenvalue weighted by molar-refractivity contribution is 7.90. The lowest BCUT2D eigenvalue weighted by molar-refractivity contribution is 0.434. The number of nitrogens with zero attached hydrogens (tertiary/aromatic N) is 2. The molecule has 1 aromatic heterocycles. The Labute approximate surface area is 102 Å². The zero-order chi connectivity index (χ0) is 12.6. The van der Waals surface area contributed by atoms with Crippen LogP contribution in [-0.4, -0.2) is 23.2 Å². The molecule has 96 valence electrons. The van der Waals surface area contributed by atoms with E-state index in [1.54, 1.807) is 6.20 Å². The van der Waals surface area contributed by atoms with Crippen LogP contribution >= 0.6 is 0 Å². The summed E-state index contributed by atoms with van der Waals surface area (Å²) in [6.45, 7) is 3.99. The van der Waals surface area contributed by atoms with E-state index in [4.69, 9.17) is 0 Å². The molecule has 0 amide bonds. The van der Waals surface area contributed by atoms with Gasteiger partial charge in [-0.2, -0.15) is 0 Å². The fourth-order valence-electron chi connectivity index (χ4n) is 1.82. The molecule has 17 heavy (non-hydrogen) atoms. The zero-order valence-corrected chi connectivity index (χ0v) is 11.2. The van der Waals surface area contributed by atoms with Crippen molar-refractivity contribution < 1.29 is 8.42 Å². The Morgan fingerprint density at radius 1 is 1.47 bits per heavy atom. The first-order valence-electron chi connectivity index (χ1n) is 5.90. The van der Waals surface area contributed by atoms with Gasteiger partial charge in [0.1, 0.15) is 5.82 Å². The van der Waals surface area contributed by atoms with Crippen molar-refractivity contribution in [3.05, 3.63) is 18.2 Å². The molecule has 1 N–H and O–H groups in total. The van der Waals surface area contributed by atoms with E-state index in [0.717, 1.165) is 18.7 Å². The second-order valence-corrected chi connectivity index (χ2v) is 6.97. The van der Waals surface area contributed by atoms with Crippen LogP contribution in [0.3, 0.4) is 0 Å². The lowest BCUT2D eigenvalue weighted by atomic mass is 10.1. The Bertz CT molecular complexity index is 489. The molecule has 5 nitrogen and oxygen atoms in total. The van der Waals surface area contributed by atoms with Crippen LogP contribution in [-0.2, 0) is 17.1 Å². The molecule has 1 aliphatic rings. The maximum absolute atomic E-state index is 12.0. The average Bonchev–Trinajstić information content (AvgIpc) is 3.00. The van der Waals surface area contributed by atoms with Crippen molar-refractivity contribution in [1.82, 2.24) is 14.3 Å². The van der Waals surface area contributed by atoms with E-state index in [1.165, 1.54) is 0 Å². The Hall–Kier alpha value is -0.880. The van der Waals surface area contributed by atoms with Gasteiger partial charge in [0.2, 0.25) is 10.0 Å². The molecular weight excluding hydrogens is 238 g/mol. The van der Waals surface area contributed by atoms with Gasteiger partial charge in [0.15, 0.2) is 0 Å². The first-order valence-corrected chi connectivity index (χ1v) is 7.45. The predicted octanol–water partition coefficient (Wildman–Crippen LogP) is 1.20. The summed E-state index contributed by atoms with van der Waals surface area (Å²) >= 11 is 0.